The molecule has 1 heterocycles. The minimum absolute atomic E-state index is 0. The molecule has 3 N–H and O–H groups in total. The summed E-state index contributed by atoms with van der Waals surface area (Å²) in [4.78, 5) is 25.7. The number of nitrogens with one attached hydrogen (secondary N) is 1. The molecule has 4 aromatic rings. The van der Waals surface area contributed by atoms with Gasteiger partial charge < -0.3 is 15.6 Å². The molecule has 5 nitrogen and oxygen atoms in total. The second-order valence-corrected chi connectivity index (χ2v) is 7.46. The third-order valence-electron chi connectivity index (χ3n) is 5.48. The van der Waals surface area contributed by atoms with E-state index in [4.69, 9.17) is 5.73 Å². The van der Waals surface area contributed by atoms with Crippen molar-refractivity contribution in [3.8, 4) is 0 Å². The Bertz CT molecular complexity index is 1280. The van der Waals surface area contributed by atoms with E-state index in [1.807, 2.05) is 55.5 Å². The van der Waals surface area contributed by atoms with Crippen LogP contribution in [0.25, 0.3) is 21.7 Å². The van der Waals surface area contributed by atoms with Crippen molar-refractivity contribution < 1.29 is 9.59 Å². The van der Waals surface area contributed by atoms with Crippen LogP contribution in [0.2, 0.25) is 0 Å². The van der Waals surface area contributed by atoms with E-state index in [1.54, 1.807) is 6.07 Å². The summed E-state index contributed by atoms with van der Waals surface area (Å²) in [5.74, 6) is -0.335. The summed E-state index contributed by atoms with van der Waals surface area (Å²) in [6.45, 7) is 4.88. The Balaban J connectivity index is 0.00000272. The van der Waals surface area contributed by atoms with E-state index in [0.29, 0.717) is 16.8 Å². The zero-order chi connectivity index (χ0) is 21.3. The number of hydrogen-bond donors (Lipinski definition) is 2. The van der Waals surface area contributed by atoms with E-state index in [0.717, 1.165) is 40.3 Å². The molecule has 0 atom stereocenters. The van der Waals surface area contributed by atoms with Gasteiger partial charge >= 0.3 is 0 Å². The third-order valence-corrected chi connectivity index (χ3v) is 5.48. The Labute approximate surface area is 187 Å². The van der Waals surface area contributed by atoms with Crippen molar-refractivity contribution in [1.29, 1.82) is 0 Å². The number of ketones is 1. The fourth-order valence-electron chi connectivity index (χ4n) is 4.15. The van der Waals surface area contributed by atoms with Gasteiger partial charge in [0, 0.05) is 34.4 Å². The molecule has 0 fully saturated rings. The van der Waals surface area contributed by atoms with Crippen LogP contribution in [0.5, 0.6) is 0 Å². The Hall–Kier alpha value is -3.15. The summed E-state index contributed by atoms with van der Waals surface area (Å²) in [6, 6.07) is 19.4. The fourth-order valence-corrected chi connectivity index (χ4v) is 4.15. The van der Waals surface area contributed by atoms with Gasteiger partial charge in [-0.1, -0.05) is 49.4 Å². The zero-order valence-electron chi connectivity index (χ0n) is 17.6. The number of amides is 1. The number of nitrogens with zero attached hydrogens (tertiary/aromatic N) is 1. The summed E-state index contributed by atoms with van der Waals surface area (Å²) in [5.41, 5.74) is 9.34. The first-order chi connectivity index (χ1) is 14.5. The lowest BCUT2D eigenvalue weighted by molar-refractivity contribution is -0.114. The molecule has 0 unspecified atom stereocenters. The number of carbonyl (C=O) groups excluding carboxylic acids is 2. The first-order valence-corrected chi connectivity index (χ1v) is 10.2. The lowest BCUT2D eigenvalue weighted by Gasteiger charge is -2.11. The molecular weight excluding hydrogens is 410 g/mol. The van der Waals surface area contributed by atoms with Crippen LogP contribution in [0, 0.1) is 6.92 Å². The highest BCUT2D eigenvalue weighted by atomic mass is 35.5. The molecular formula is C25H26ClN3O2. The average molecular weight is 436 g/mol. The minimum atomic E-state index is -0.292. The molecule has 1 aromatic heterocycles. The van der Waals surface area contributed by atoms with E-state index in [2.05, 4.69) is 22.9 Å². The molecule has 0 radical (unpaired) electrons. The molecule has 31 heavy (non-hydrogen) atoms. The van der Waals surface area contributed by atoms with Crippen LogP contribution in [0.3, 0.4) is 0 Å². The lowest BCUT2D eigenvalue weighted by Crippen LogP contribution is -2.22. The van der Waals surface area contributed by atoms with Gasteiger partial charge in [-0.2, -0.15) is 0 Å². The lowest BCUT2D eigenvalue weighted by atomic mass is 9.95. The van der Waals surface area contributed by atoms with Gasteiger partial charge in [0.05, 0.1) is 12.1 Å². The normalized spacial score (nSPS) is 10.8. The first-order valence-electron chi connectivity index (χ1n) is 10.2. The highest BCUT2D eigenvalue weighted by molar-refractivity contribution is 6.23. The van der Waals surface area contributed by atoms with Gasteiger partial charge in [-0.3, -0.25) is 9.59 Å². The van der Waals surface area contributed by atoms with Crippen molar-refractivity contribution in [3.05, 3.63) is 77.5 Å². The van der Waals surface area contributed by atoms with E-state index in [1.165, 1.54) is 0 Å². The number of aryl methyl sites for hydroxylation is 1. The maximum atomic E-state index is 13.9. The Kier molecular flexibility index (Phi) is 6.78. The Morgan fingerprint density at radius 2 is 1.68 bits per heavy atom. The standard InChI is InChI=1S/C25H25N3O2.ClH/c1-3-12-28-16(2)24(20-10-6-7-11-22(20)28)25(30)21-14-18(27-23(29)15-26)13-17-8-4-5-9-19(17)21;/h4-11,13-14H,3,12,15,26H2,1-2H3,(H,27,29);1H. The van der Waals surface area contributed by atoms with Crippen molar-refractivity contribution in [1.82, 2.24) is 4.57 Å². The van der Waals surface area contributed by atoms with E-state index < -0.39 is 0 Å². The van der Waals surface area contributed by atoms with Crippen molar-refractivity contribution in [2.45, 2.75) is 26.8 Å². The van der Waals surface area contributed by atoms with Gasteiger partial charge in [-0.15, -0.1) is 12.4 Å². The third kappa shape index (κ3) is 4.07. The number of rotatable bonds is 6. The van der Waals surface area contributed by atoms with Gasteiger partial charge in [0.15, 0.2) is 5.78 Å². The predicted octanol–water partition coefficient (Wildman–Crippen LogP) is 5.06. The van der Waals surface area contributed by atoms with E-state index >= 15 is 0 Å². The maximum Gasteiger partial charge on any atom is 0.238 e. The molecule has 0 bridgehead atoms. The first kappa shape index (κ1) is 22.5. The van der Waals surface area contributed by atoms with Gasteiger partial charge in [0.1, 0.15) is 0 Å². The maximum absolute atomic E-state index is 13.9. The van der Waals surface area contributed by atoms with Gasteiger partial charge in [0.25, 0.3) is 0 Å². The SMILES string of the molecule is CCCn1c(C)c(C(=O)c2cc(NC(=O)CN)cc3ccccc23)c2ccccc21.Cl. The number of halogens is 1. The van der Waals surface area contributed by atoms with Crippen molar-refractivity contribution in [2.24, 2.45) is 5.73 Å². The Morgan fingerprint density at radius 3 is 2.39 bits per heavy atom. The number of carbonyl (C=O) groups is 2. The summed E-state index contributed by atoms with van der Waals surface area (Å²) < 4.78 is 2.21. The van der Waals surface area contributed by atoms with Crippen LogP contribution >= 0.6 is 12.4 Å². The number of para-hydroxylation sites is 1. The molecule has 0 saturated carbocycles. The fraction of sp³-hybridized carbons (Fsp3) is 0.200. The van der Waals surface area contributed by atoms with Gasteiger partial charge in [-0.05, 0) is 42.3 Å². The van der Waals surface area contributed by atoms with Crippen LogP contribution < -0.4 is 11.1 Å². The Morgan fingerprint density at radius 1 is 1.00 bits per heavy atom. The van der Waals surface area contributed by atoms with Crippen LogP contribution in [0.1, 0.15) is 35.0 Å². The van der Waals surface area contributed by atoms with Crippen molar-refractivity contribution in [2.75, 3.05) is 11.9 Å². The van der Waals surface area contributed by atoms with Gasteiger partial charge in [0.2, 0.25) is 5.91 Å². The zero-order valence-corrected chi connectivity index (χ0v) is 18.5. The largest absolute Gasteiger partial charge is 0.344 e. The minimum Gasteiger partial charge on any atom is -0.344 e. The number of hydrogen-bond acceptors (Lipinski definition) is 3. The van der Waals surface area contributed by atoms with Crippen LogP contribution in [0.4, 0.5) is 5.69 Å². The molecule has 0 aliphatic heterocycles. The van der Waals surface area contributed by atoms with Crippen LogP contribution in [-0.2, 0) is 11.3 Å². The van der Waals surface area contributed by atoms with Crippen molar-refractivity contribution in [3.63, 3.8) is 0 Å². The molecule has 0 spiro atoms. The van der Waals surface area contributed by atoms with E-state index in [-0.39, 0.29) is 30.6 Å². The number of nitrogens with two attached hydrogens (primary N) is 1. The molecule has 160 valence electrons. The van der Waals surface area contributed by atoms with Gasteiger partial charge in [-0.25, -0.2) is 0 Å². The second kappa shape index (κ2) is 9.33. The quantitative estimate of drug-likeness (QED) is 0.415. The number of anilines is 1. The smallest absolute Gasteiger partial charge is 0.238 e. The summed E-state index contributed by atoms with van der Waals surface area (Å²) >= 11 is 0. The van der Waals surface area contributed by atoms with Crippen molar-refractivity contribution >= 4 is 51.5 Å². The summed E-state index contributed by atoms with van der Waals surface area (Å²) in [5, 5.41) is 5.49. The monoisotopic (exact) mass is 435 g/mol. The number of fused-ring (bicyclic) bond motifs is 2. The molecule has 1 amide bonds. The molecule has 3 aromatic carbocycles. The number of aromatic nitrogens is 1. The molecule has 0 saturated heterocycles. The molecule has 0 aliphatic carbocycles. The van der Waals surface area contributed by atoms with E-state index in [9.17, 15) is 9.59 Å². The molecule has 6 heteroatoms. The topological polar surface area (TPSA) is 77.1 Å². The average Bonchev–Trinajstić information content (AvgIpc) is 3.04. The second-order valence-electron chi connectivity index (χ2n) is 7.46. The molecule has 0 aliphatic rings. The molecule has 4 rings (SSSR count). The number of benzene rings is 3. The predicted molar refractivity (Wildman–Crippen MR) is 129 cm³/mol. The highest BCUT2D eigenvalue weighted by Crippen LogP contribution is 2.32. The summed E-state index contributed by atoms with van der Waals surface area (Å²) in [7, 11) is 0. The van der Waals surface area contributed by atoms with Crippen LogP contribution in [0.15, 0.2) is 60.7 Å². The van der Waals surface area contributed by atoms with Crippen LogP contribution in [-0.4, -0.2) is 22.8 Å². The summed E-state index contributed by atoms with van der Waals surface area (Å²) in [6.07, 6.45) is 0.983. The highest BCUT2D eigenvalue weighted by Gasteiger charge is 2.22.